The summed E-state index contributed by atoms with van der Waals surface area (Å²) in [5, 5.41) is 3.59. The zero-order valence-corrected chi connectivity index (χ0v) is 13.6. The molecule has 21 heavy (non-hydrogen) atoms. The third-order valence-corrected chi connectivity index (χ3v) is 4.83. The van der Waals surface area contributed by atoms with E-state index in [4.69, 9.17) is 0 Å². The Kier molecular flexibility index (Phi) is 8.69. The summed E-state index contributed by atoms with van der Waals surface area (Å²) in [7, 11) is 0. The van der Waals surface area contributed by atoms with Gasteiger partial charge in [-0.2, -0.15) is 13.2 Å². The fourth-order valence-corrected chi connectivity index (χ4v) is 3.47. The third kappa shape index (κ3) is 7.03. The van der Waals surface area contributed by atoms with Crippen LogP contribution in [-0.4, -0.2) is 18.8 Å². The Morgan fingerprint density at radius 1 is 0.952 bits per heavy atom. The van der Waals surface area contributed by atoms with Gasteiger partial charge in [-0.25, -0.2) is 0 Å². The molecule has 1 atom stereocenters. The van der Waals surface area contributed by atoms with E-state index in [1.54, 1.807) is 0 Å². The Morgan fingerprint density at radius 2 is 1.62 bits per heavy atom. The van der Waals surface area contributed by atoms with Crippen molar-refractivity contribution in [1.82, 2.24) is 5.32 Å². The van der Waals surface area contributed by atoms with E-state index in [2.05, 4.69) is 19.2 Å². The Balaban J connectivity index is 2.40. The molecule has 0 aromatic rings. The molecule has 1 nitrogen and oxygen atoms in total. The zero-order valence-electron chi connectivity index (χ0n) is 13.6. The van der Waals surface area contributed by atoms with Gasteiger partial charge in [-0.05, 0) is 51.0 Å². The lowest BCUT2D eigenvalue weighted by Gasteiger charge is -2.35. The van der Waals surface area contributed by atoms with Crippen molar-refractivity contribution >= 4 is 0 Å². The van der Waals surface area contributed by atoms with Crippen LogP contribution in [0.25, 0.3) is 0 Å². The molecular weight excluding hydrogens is 275 g/mol. The van der Waals surface area contributed by atoms with E-state index in [1.165, 1.54) is 25.7 Å². The molecule has 1 aliphatic carbocycles. The van der Waals surface area contributed by atoms with Crippen LogP contribution in [0.2, 0.25) is 0 Å². The first-order valence-electron chi connectivity index (χ1n) is 8.79. The highest BCUT2D eigenvalue weighted by Crippen LogP contribution is 2.40. The predicted molar refractivity (Wildman–Crippen MR) is 82.3 cm³/mol. The maximum absolute atomic E-state index is 12.7. The van der Waals surface area contributed by atoms with E-state index >= 15 is 0 Å². The van der Waals surface area contributed by atoms with Crippen LogP contribution in [0.4, 0.5) is 13.2 Å². The summed E-state index contributed by atoms with van der Waals surface area (Å²) in [5.74, 6) is -0.613. The molecule has 1 rings (SSSR count). The molecule has 1 saturated carbocycles. The highest BCUT2D eigenvalue weighted by atomic mass is 19.4. The first kappa shape index (κ1) is 18.8. The van der Waals surface area contributed by atoms with Crippen molar-refractivity contribution < 1.29 is 13.2 Å². The highest BCUT2D eigenvalue weighted by molar-refractivity contribution is 4.84. The highest BCUT2D eigenvalue weighted by Gasteiger charge is 2.42. The topological polar surface area (TPSA) is 12.0 Å². The molecule has 0 aliphatic heterocycles. The first-order valence-corrected chi connectivity index (χ1v) is 8.79. The summed E-state index contributed by atoms with van der Waals surface area (Å²) >= 11 is 0. The van der Waals surface area contributed by atoms with Gasteiger partial charge in [-0.15, -0.1) is 0 Å². The van der Waals surface area contributed by atoms with E-state index in [0.29, 0.717) is 24.8 Å². The van der Waals surface area contributed by atoms with Crippen LogP contribution in [-0.2, 0) is 0 Å². The minimum absolute atomic E-state index is 0.327. The summed E-state index contributed by atoms with van der Waals surface area (Å²) in [6.45, 7) is 5.32. The van der Waals surface area contributed by atoms with E-state index in [1.807, 2.05) is 0 Å². The second-order valence-corrected chi connectivity index (χ2v) is 6.56. The summed E-state index contributed by atoms with van der Waals surface area (Å²) < 4.78 is 38.2. The van der Waals surface area contributed by atoms with Crippen molar-refractivity contribution in [3.05, 3.63) is 0 Å². The standard InChI is InChI=1S/C17H32F3N/c1-3-5-6-7-8-16(21-13-4-2)14-9-11-15(12-10-14)17(18,19)20/h14-16,21H,3-13H2,1-2H3. The Morgan fingerprint density at radius 3 is 2.14 bits per heavy atom. The number of unbranched alkanes of at least 4 members (excludes halogenated alkanes) is 3. The molecule has 0 bridgehead atoms. The molecule has 0 radical (unpaired) electrons. The number of rotatable bonds is 9. The third-order valence-electron chi connectivity index (χ3n) is 4.83. The number of hydrogen-bond donors (Lipinski definition) is 1. The van der Waals surface area contributed by atoms with Crippen LogP contribution < -0.4 is 5.32 Å². The molecule has 1 unspecified atom stereocenters. The second kappa shape index (κ2) is 9.70. The molecule has 0 aromatic carbocycles. The van der Waals surface area contributed by atoms with Gasteiger partial charge in [0, 0.05) is 6.04 Å². The van der Waals surface area contributed by atoms with Gasteiger partial charge in [0.05, 0.1) is 5.92 Å². The van der Waals surface area contributed by atoms with Crippen LogP contribution >= 0.6 is 0 Å². The number of hydrogen-bond acceptors (Lipinski definition) is 1. The van der Waals surface area contributed by atoms with Crippen molar-refractivity contribution in [3.8, 4) is 0 Å². The van der Waals surface area contributed by atoms with Crippen molar-refractivity contribution in [2.75, 3.05) is 6.54 Å². The molecule has 1 N–H and O–H groups in total. The fraction of sp³-hybridized carbons (Fsp3) is 1.00. The molecule has 1 aliphatic rings. The van der Waals surface area contributed by atoms with Gasteiger partial charge in [0.15, 0.2) is 0 Å². The fourth-order valence-electron chi connectivity index (χ4n) is 3.47. The molecule has 0 spiro atoms. The Hall–Kier alpha value is -0.250. The molecule has 126 valence electrons. The largest absolute Gasteiger partial charge is 0.391 e. The summed E-state index contributed by atoms with van der Waals surface area (Å²) in [6, 6.07) is 0.427. The van der Waals surface area contributed by atoms with Gasteiger partial charge in [-0.1, -0.05) is 39.5 Å². The SMILES string of the molecule is CCCCCCC(NCCC)C1CCC(C(F)(F)F)CC1. The quantitative estimate of drug-likeness (QED) is 0.539. The van der Waals surface area contributed by atoms with Gasteiger partial charge < -0.3 is 5.32 Å². The van der Waals surface area contributed by atoms with E-state index in [9.17, 15) is 13.2 Å². The molecule has 0 amide bonds. The smallest absolute Gasteiger partial charge is 0.314 e. The van der Waals surface area contributed by atoms with E-state index in [0.717, 1.165) is 32.2 Å². The van der Waals surface area contributed by atoms with Crippen LogP contribution in [0.5, 0.6) is 0 Å². The molecule has 4 heteroatoms. The van der Waals surface area contributed by atoms with Gasteiger partial charge in [-0.3, -0.25) is 0 Å². The van der Waals surface area contributed by atoms with Crippen LogP contribution in [0.15, 0.2) is 0 Å². The van der Waals surface area contributed by atoms with Crippen molar-refractivity contribution in [2.24, 2.45) is 11.8 Å². The van der Waals surface area contributed by atoms with Crippen LogP contribution in [0.1, 0.15) is 78.1 Å². The van der Waals surface area contributed by atoms with Crippen molar-refractivity contribution in [3.63, 3.8) is 0 Å². The average Bonchev–Trinajstić information content (AvgIpc) is 2.46. The summed E-state index contributed by atoms with van der Waals surface area (Å²) in [6.07, 6.45) is 5.29. The lowest BCUT2D eigenvalue weighted by molar-refractivity contribution is -0.184. The summed E-state index contributed by atoms with van der Waals surface area (Å²) in [4.78, 5) is 0. The lowest BCUT2D eigenvalue weighted by Crippen LogP contribution is -2.40. The minimum Gasteiger partial charge on any atom is -0.314 e. The van der Waals surface area contributed by atoms with Gasteiger partial charge >= 0.3 is 6.18 Å². The maximum atomic E-state index is 12.7. The van der Waals surface area contributed by atoms with Crippen LogP contribution in [0.3, 0.4) is 0 Å². The molecular formula is C17H32F3N. The molecule has 1 fully saturated rings. The molecule has 0 heterocycles. The monoisotopic (exact) mass is 307 g/mol. The van der Waals surface area contributed by atoms with Crippen LogP contribution in [0, 0.1) is 11.8 Å². The average molecular weight is 307 g/mol. The Bertz CT molecular complexity index is 257. The summed E-state index contributed by atoms with van der Waals surface area (Å²) in [5.41, 5.74) is 0. The molecule has 0 aromatic heterocycles. The lowest BCUT2D eigenvalue weighted by atomic mass is 9.77. The predicted octanol–water partition coefficient (Wildman–Crippen LogP) is 5.69. The van der Waals surface area contributed by atoms with E-state index < -0.39 is 12.1 Å². The maximum Gasteiger partial charge on any atom is 0.391 e. The normalized spacial score (nSPS) is 25.0. The zero-order chi connectivity index (χ0) is 15.7. The second-order valence-electron chi connectivity index (χ2n) is 6.56. The minimum atomic E-state index is -3.99. The first-order chi connectivity index (χ1) is 9.99. The Labute approximate surface area is 128 Å². The number of nitrogens with one attached hydrogen (secondary N) is 1. The van der Waals surface area contributed by atoms with Crippen molar-refractivity contribution in [1.29, 1.82) is 0 Å². The van der Waals surface area contributed by atoms with Gasteiger partial charge in [0.1, 0.15) is 0 Å². The van der Waals surface area contributed by atoms with Gasteiger partial charge in [0.25, 0.3) is 0 Å². The van der Waals surface area contributed by atoms with Crippen molar-refractivity contribution in [2.45, 2.75) is 90.3 Å². The number of alkyl halides is 3. The van der Waals surface area contributed by atoms with E-state index in [-0.39, 0.29) is 0 Å². The number of halogens is 3. The van der Waals surface area contributed by atoms with Gasteiger partial charge in [0.2, 0.25) is 0 Å². The molecule has 0 saturated heterocycles.